The number of nitrogens with two attached hydrogens (primary N) is 1. The Morgan fingerprint density at radius 2 is 1.88 bits per heavy atom. The van der Waals surface area contributed by atoms with Crippen LogP contribution in [0.4, 0.5) is 0 Å². The Balaban J connectivity index is 1.94. The van der Waals surface area contributed by atoms with Crippen molar-refractivity contribution in [1.29, 1.82) is 0 Å². The number of amides is 2. The molecule has 7 nitrogen and oxygen atoms in total. The Hall–Kier alpha value is -2.28. The van der Waals surface area contributed by atoms with E-state index in [4.69, 9.17) is 19.9 Å². The van der Waals surface area contributed by atoms with Crippen molar-refractivity contribution in [1.82, 2.24) is 4.90 Å². The lowest BCUT2D eigenvalue weighted by Gasteiger charge is -2.40. The van der Waals surface area contributed by atoms with Gasteiger partial charge in [-0.05, 0) is 43.5 Å². The minimum Gasteiger partial charge on any atom is -0.497 e. The molecule has 2 amide bonds. The highest BCUT2D eigenvalue weighted by Crippen LogP contribution is 2.33. The van der Waals surface area contributed by atoms with Crippen LogP contribution in [-0.4, -0.2) is 57.2 Å². The number of likely N-dealkylation sites (tertiary alicyclic amines) is 1. The summed E-state index contributed by atoms with van der Waals surface area (Å²) in [5.74, 6) is 0.780. The Morgan fingerprint density at radius 3 is 2.48 bits per heavy atom. The predicted octanol–water partition coefficient (Wildman–Crippen LogP) is 1.20. The van der Waals surface area contributed by atoms with E-state index in [2.05, 4.69) is 0 Å². The van der Waals surface area contributed by atoms with Gasteiger partial charge in [0.25, 0.3) is 5.91 Å². The summed E-state index contributed by atoms with van der Waals surface area (Å²) >= 11 is 0. The third kappa shape index (κ3) is 4.85. The molecule has 1 unspecified atom stereocenters. The number of rotatable bonds is 8. The van der Waals surface area contributed by atoms with Gasteiger partial charge in [0.15, 0.2) is 6.61 Å². The molecule has 0 bridgehead atoms. The summed E-state index contributed by atoms with van der Waals surface area (Å²) in [4.78, 5) is 26.1. The lowest BCUT2D eigenvalue weighted by atomic mass is 9.76. The first kappa shape index (κ1) is 19.1. The van der Waals surface area contributed by atoms with Gasteiger partial charge in [0.1, 0.15) is 11.5 Å². The zero-order valence-corrected chi connectivity index (χ0v) is 14.8. The minimum absolute atomic E-state index is 0.0779. The van der Waals surface area contributed by atoms with Crippen molar-refractivity contribution in [3.05, 3.63) is 24.3 Å². The first-order valence-electron chi connectivity index (χ1n) is 8.34. The summed E-state index contributed by atoms with van der Waals surface area (Å²) in [7, 11) is 3.17. The molecular weight excluding hydrogens is 324 g/mol. The molecule has 1 aromatic carbocycles. The van der Waals surface area contributed by atoms with Crippen LogP contribution in [-0.2, 0) is 14.3 Å². The van der Waals surface area contributed by atoms with Gasteiger partial charge in [-0.3, -0.25) is 9.59 Å². The fraction of sp³-hybridized carbons (Fsp3) is 0.556. The maximum absolute atomic E-state index is 12.5. The molecular formula is C18H26N2O5. The van der Waals surface area contributed by atoms with Gasteiger partial charge in [-0.15, -0.1) is 0 Å². The second-order valence-corrected chi connectivity index (χ2v) is 6.27. The zero-order chi connectivity index (χ0) is 18.3. The molecule has 7 heteroatoms. The molecule has 1 aliphatic rings. The Kier molecular flexibility index (Phi) is 6.64. The van der Waals surface area contributed by atoms with Gasteiger partial charge < -0.3 is 24.8 Å². The van der Waals surface area contributed by atoms with E-state index in [1.807, 2.05) is 0 Å². The van der Waals surface area contributed by atoms with E-state index in [9.17, 15) is 9.59 Å². The van der Waals surface area contributed by atoms with Crippen molar-refractivity contribution in [3.8, 4) is 11.5 Å². The summed E-state index contributed by atoms with van der Waals surface area (Å²) in [5, 5.41) is 0. The van der Waals surface area contributed by atoms with Gasteiger partial charge in [-0.1, -0.05) is 0 Å². The monoisotopic (exact) mass is 350 g/mol. The van der Waals surface area contributed by atoms with E-state index in [0.717, 1.165) is 12.2 Å². The molecule has 0 spiro atoms. The number of nitrogens with zero attached hydrogens (tertiary/aromatic N) is 1. The number of piperidine rings is 1. The summed E-state index contributed by atoms with van der Waals surface area (Å²) in [5.41, 5.74) is 4.90. The molecule has 1 heterocycles. The Labute approximate surface area is 148 Å². The third-order valence-electron chi connectivity index (χ3n) is 4.66. The second-order valence-electron chi connectivity index (χ2n) is 6.27. The molecule has 1 saturated heterocycles. The molecule has 1 atom stereocenters. The van der Waals surface area contributed by atoms with Gasteiger partial charge in [0.05, 0.1) is 12.5 Å². The van der Waals surface area contributed by atoms with E-state index >= 15 is 0 Å². The first-order chi connectivity index (χ1) is 12.0. The molecule has 0 aromatic heterocycles. The largest absolute Gasteiger partial charge is 0.497 e. The van der Waals surface area contributed by atoms with Crippen molar-refractivity contribution < 1.29 is 23.8 Å². The highest BCUT2D eigenvalue weighted by Gasteiger charge is 2.41. The lowest BCUT2D eigenvalue weighted by molar-refractivity contribution is -0.142. The summed E-state index contributed by atoms with van der Waals surface area (Å²) in [6.07, 6.45) is 1.93. The van der Waals surface area contributed by atoms with Crippen LogP contribution < -0.4 is 15.2 Å². The van der Waals surface area contributed by atoms with Crippen molar-refractivity contribution >= 4 is 11.8 Å². The molecule has 2 N–H and O–H groups in total. The van der Waals surface area contributed by atoms with Crippen LogP contribution in [0.5, 0.6) is 11.5 Å². The van der Waals surface area contributed by atoms with Crippen molar-refractivity contribution in [2.75, 3.05) is 40.5 Å². The topological polar surface area (TPSA) is 91.1 Å². The number of benzene rings is 1. The van der Waals surface area contributed by atoms with Crippen LogP contribution >= 0.6 is 0 Å². The molecule has 1 fully saturated rings. The van der Waals surface area contributed by atoms with Gasteiger partial charge in [0, 0.05) is 26.8 Å². The highest BCUT2D eigenvalue weighted by atomic mass is 16.5. The highest BCUT2D eigenvalue weighted by molar-refractivity contribution is 5.83. The van der Waals surface area contributed by atoms with E-state index in [0.29, 0.717) is 38.3 Å². The fourth-order valence-electron chi connectivity index (χ4n) is 3.08. The second kappa shape index (κ2) is 8.71. The summed E-state index contributed by atoms with van der Waals surface area (Å²) in [6.45, 7) is 1.28. The average Bonchev–Trinajstić information content (AvgIpc) is 2.64. The molecule has 1 aromatic rings. The number of primary amides is 1. The van der Waals surface area contributed by atoms with Crippen LogP contribution in [0, 0.1) is 5.41 Å². The van der Waals surface area contributed by atoms with Crippen LogP contribution in [0.25, 0.3) is 0 Å². The molecule has 0 radical (unpaired) electrons. The molecule has 25 heavy (non-hydrogen) atoms. The van der Waals surface area contributed by atoms with Crippen molar-refractivity contribution in [2.45, 2.75) is 19.3 Å². The molecule has 1 aliphatic heterocycles. The van der Waals surface area contributed by atoms with Crippen LogP contribution in [0.1, 0.15) is 19.3 Å². The molecule has 138 valence electrons. The number of methoxy groups -OCH3 is 2. The summed E-state index contributed by atoms with van der Waals surface area (Å²) in [6, 6.07) is 7.02. The SMILES string of the molecule is COCCC1(C(N)=O)CCCN(C(=O)COc2ccc(OC)cc2)C1. The maximum Gasteiger partial charge on any atom is 0.260 e. The summed E-state index contributed by atoms with van der Waals surface area (Å²) < 4.78 is 15.7. The number of ether oxygens (including phenoxy) is 3. The molecule has 0 saturated carbocycles. The fourth-order valence-corrected chi connectivity index (χ4v) is 3.08. The number of carbonyl (C=O) groups is 2. The average molecular weight is 350 g/mol. The van der Waals surface area contributed by atoms with Crippen molar-refractivity contribution in [2.24, 2.45) is 11.1 Å². The number of carbonyl (C=O) groups excluding carboxylic acids is 2. The Bertz CT molecular complexity index is 590. The van der Waals surface area contributed by atoms with E-state index in [1.54, 1.807) is 43.4 Å². The van der Waals surface area contributed by atoms with Gasteiger partial charge in [-0.25, -0.2) is 0 Å². The zero-order valence-electron chi connectivity index (χ0n) is 14.8. The minimum atomic E-state index is -0.718. The third-order valence-corrected chi connectivity index (χ3v) is 4.66. The lowest BCUT2D eigenvalue weighted by Crippen LogP contribution is -2.53. The van der Waals surface area contributed by atoms with Gasteiger partial charge in [0.2, 0.25) is 5.91 Å². The van der Waals surface area contributed by atoms with Crippen LogP contribution in [0.3, 0.4) is 0 Å². The maximum atomic E-state index is 12.5. The number of hydrogen-bond donors (Lipinski definition) is 1. The van der Waals surface area contributed by atoms with E-state index < -0.39 is 5.41 Å². The van der Waals surface area contributed by atoms with Gasteiger partial charge in [-0.2, -0.15) is 0 Å². The number of hydrogen-bond acceptors (Lipinski definition) is 5. The standard InChI is InChI=1S/C18H26N2O5/c1-23-11-9-18(17(19)22)8-3-10-20(13-18)16(21)12-25-15-6-4-14(24-2)5-7-15/h4-7H,3,8-13H2,1-2H3,(H2,19,22). The van der Waals surface area contributed by atoms with Crippen LogP contribution in [0.15, 0.2) is 24.3 Å². The smallest absolute Gasteiger partial charge is 0.260 e. The molecule has 2 rings (SSSR count). The van der Waals surface area contributed by atoms with E-state index in [1.165, 1.54) is 0 Å². The van der Waals surface area contributed by atoms with E-state index in [-0.39, 0.29) is 18.4 Å². The van der Waals surface area contributed by atoms with Gasteiger partial charge >= 0.3 is 0 Å². The normalized spacial score (nSPS) is 20.2. The quantitative estimate of drug-likeness (QED) is 0.761. The first-order valence-corrected chi connectivity index (χ1v) is 8.34. The van der Waals surface area contributed by atoms with Crippen molar-refractivity contribution in [3.63, 3.8) is 0 Å². The Morgan fingerprint density at radius 1 is 1.20 bits per heavy atom. The van der Waals surface area contributed by atoms with Crippen LogP contribution in [0.2, 0.25) is 0 Å². The predicted molar refractivity (Wildman–Crippen MR) is 92.4 cm³/mol. The molecule has 0 aliphatic carbocycles.